The lowest BCUT2D eigenvalue weighted by Crippen LogP contribution is -2.36. The normalized spacial score (nSPS) is 25.6. The Bertz CT molecular complexity index is 419. The highest BCUT2D eigenvalue weighted by atomic mass is 79.9. The van der Waals surface area contributed by atoms with Gasteiger partial charge in [-0.2, -0.15) is 5.10 Å². The summed E-state index contributed by atoms with van der Waals surface area (Å²) in [5.41, 5.74) is 2.31. The van der Waals surface area contributed by atoms with Crippen molar-refractivity contribution in [3.05, 3.63) is 15.9 Å². The van der Waals surface area contributed by atoms with Crippen molar-refractivity contribution in [2.45, 2.75) is 38.8 Å². The summed E-state index contributed by atoms with van der Waals surface area (Å²) in [6.07, 6.45) is 2.51. The first-order valence-electron chi connectivity index (χ1n) is 6.49. The van der Waals surface area contributed by atoms with E-state index in [2.05, 4.69) is 33.3 Å². The van der Waals surface area contributed by atoms with Crippen LogP contribution in [-0.4, -0.2) is 35.6 Å². The molecule has 1 aliphatic rings. The maximum Gasteiger partial charge on any atom is 0.0738 e. The number of hydrogen-bond acceptors (Lipinski definition) is 3. The molecule has 0 aliphatic carbocycles. The van der Waals surface area contributed by atoms with Crippen LogP contribution in [0.2, 0.25) is 0 Å². The molecule has 2 heterocycles. The van der Waals surface area contributed by atoms with Gasteiger partial charge in [-0.15, -0.1) is 0 Å². The van der Waals surface area contributed by atoms with Gasteiger partial charge in [0.1, 0.15) is 0 Å². The number of aryl methyl sites for hydroxylation is 2. The van der Waals surface area contributed by atoms with Crippen LogP contribution in [-0.2, 0) is 18.2 Å². The van der Waals surface area contributed by atoms with Gasteiger partial charge in [0.15, 0.2) is 0 Å². The van der Waals surface area contributed by atoms with Crippen molar-refractivity contribution in [2.24, 2.45) is 13.0 Å². The Hall–Kier alpha value is -0.390. The molecule has 1 aliphatic heterocycles. The van der Waals surface area contributed by atoms with Gasteiger partial charge < -0.3 is 10.1 Å². The largest absolute Gasteiger partial charge is 0.378 e. The van der Waals surface area contributed by atoms with Crippen molar-refractivity contribution < 1.29 is 4.74 Å². The molecular formula is C13H22BrN3O. The van der Waals surface area contributed by atoms with Crippen LogP contribution < -0.4 is 5.32 Å². The lowest BCUT2D eigenvalue weighted by Gasteiger charge is -2.22. The lowest BCUT2D eigenvalue weighted by molar-refractivity contribution is 0.117. The van der Waals surface area contributed by atoms with E-state index in [1.807, 2.05) is 25.7 Å². The third kappa shape index (κ3) is 2.78. The molecule has 18 heavy (non-hydrogen) atoms. The molecule has 0 bridgehead atoms. The van der Waals surface area contributed by atoms with Crippen LogP contribution in [0, 0.1) is 12.8 Å². The molecular weight excluding hydrogens is 294 g/mol. The summed E-state index contributed by atoms with van der Waals surface area (Å²) in [6.45, 7) is 5.04. The van der Waals surface area contributed by atoms with Crippen molar-refractivity contribution >= 4 is 15.9 Å². The monoisotopic (exact) mass is 315 g/mol. The van der Waals surface area contributed by atoms with Gasteiger partial charge >= 0.3 is 0 Å². The Morgan fingerprint density at radius 3 is 2.78 bits per heavy atom. The Balaban J connectivity index is 2.10. The topological polar surface area (TPSA) is 39.1 Å². The number of aromatic nitrogens is 2. The summed E-state index contributed by atoms with van der Waals surface area (Å²) in [4.78, 5) is 0. The highest BCUT2D eigenvalue weighted by Crippen LogP contribution is 2.27. The predicted octanol–water partition coefficient (Wildman–Crippen LogP) is 2.05. The number of rotatable bonds is 4. The van der Waals surface area contributed by atoms with E-state index in [1.165, 1.54) is 5.69 Å². The average Bonchev–Trinajstić information content (AvgIpc) is 2.84. The number of ether oxygens (including phenoxy) is 1. The summed E-state index contributed by atoms with van der Waals surface area (Å²) in [5, 5.41) is 7.89. The fourth-order valence-corrected chi connectivity index (χ4v) is 3.24. The number of nitrogens with zero attached hydrogens (tertiary/aromatic N) is 2. The van der Waals surface area contributed by atoms with Gasteiger partial charge in [-0.05, 0) is 43.2 Å². The molecule has 1 aromatic heterocycles. The first-order valence-corrected chi connectivity index (χ1v) is 7.29. The van der Waals surface area contributed by atoms with Crippen LogP contribution in [0.15, 0.2) is 4.47 Å². The van der Waals surface area contributed by atoms with Gasteiger partial charge in [-0.3, -0.25) is 4.68 Å². The Morgan fingerprint density at radius 1 is 1.61 bits per heavy atom. The molecule has 5 heteroatoms. The minimum atomic E-state index is 0.391. The molecule has 1 N–H and O–H groups in total. The third-order valence-corrected chi connectivity index (χ3v) is 4.88. The zero-order valence-corrected chi connectivity index (χ0v) is 13.1. The van der Waals surface area contributed by atoms with Gasteiger partial charge in [-0.25, -0.2) is 0 Å². The van der Waals surface area contributed by atoms with E-state index >= 15 is 0 Å². The van der Waals surface area contributed by atoms with Crippen molar-refractivity contribution in [3.63, 3.8) is 0 Å². The van der Waals surface area contributed by atoms with Crippen LogP contribution in [0.4, 0.5) is 0 Å². The summed E-state index contributed by atoms with van der Waals surface area (Å²) in [6, 6.07) is 0.445. The Labute approximate surface area is 117 Å². The van der Waals surface area contributed by atoms with E-state index in [9.17, 15) is 0 Å². The predicted molar refractivity (Wildman–Crippen MR) is 75.7 cm³/mol. The molecule has 1 fully saturated rings. The molecule has 0 aromatic carbocycles. The number of likely N-dealkylation sites (N-methyl/N-ethyl adjacent to an activating group) is 1. The van der Waals surface area contributed by atoms with Crippen molar-refractivity contribution in [3.8, 4) is 0 Å². The van der Waals surface area contributed by atoms with Gasteiger partial charge in [0.2, 0.25) is 0 Å². The summed E-state index contributed by atoms with van der Waals surface area (Å²) < 4.78 is 8.79. The van der Waals surface area contributed by atoms with E-state index in [1.54, 1.807) is 0 Å². The summed E-state index contributed by atoms with van der Waals surface area (Å²) in [5.74, 6) is 0.590. The zero-order chi connectivity index (χ0) is 13.3. The molecule has 2 rings (SSSR count). The number of nitrogens with one attached hydrogen (secondary N) is 1. The van der Waals surface area contributed by atoms with Crippen molar-refractivity contribution in [2.75, 3.05) is 13.7 Å². The Morgan fingerprint density at radius 2 is 2.33 bits per heavy atom. The lowest BCUT2D eigenvalue weighted by atomic mass is 9.93. The molecule has 4 nitrogen and oxygen atoms in total. The smallest absolute Gasteiger partial charge is 0.0738 e. The van der Waals surface area contributed by atoms with E-state index in [-0.39, 0.29) is 0 Å². The molecule has 0 saturated carbocycles. The zero-order valence-electron chi connectivity index (χ0n) is 11.5. The van der Waals surface area contributed by atoms with Crippen LogP contribution in [0.5, 0.6) is 0 Å². The highest BCUT2D eigenvalue weighted by molar-refractivity contribution is 9.10. The van der Waals surface area contributed by atoms with E-state index in [0.717, 1.165) is 29.6 Å². The first-order chi connectivity index (χ1) is 8.52. The molecule has 0 radical (unpaired) electrons. The molecule has 0 amide bonds. The standard InChI is InChI=1S/C13H22BrN3O/c1-8-5-10(7-18-8)11(15-3)6-12-13(14)9(2)16-17(12)4/h8,10-11,15H,5-7H2,1-4H3. The van der Waals surface area contributed by atoms with Crippen molar-refractivity contribution in [1.29, 1.82) is 0 Å². The first kappa shape index (κ1) is 14.0. The molecule has 102 valence electrons. The Kier molecular flexibility index (Phi) is 4.45. The highest BCUT2D eigenvalue weighted by Gasteiger charge is 2.30. The fraction of sp³-hybridized carbons (Fsp3) is 0.769. The van der Waals surface area contributed by atoms with E-state index in [0.29, 0.717) is 18.1 Å². The number of hydrogen-bond donors (Lipinski definition) is 1. The minimum absolute atomic E-state index is 0.391. The maximum atomic E-state index is 5.68. The second-order valence-corrected chi connectivity index (χ2v) is 6.00. The van der Waals surface area contributed by atoms with Crippen LogP contribution in [0.1, 0.15) is 24.7 Å². The minimum Gasteiger partial charge on any atom is -0.378 e. The van der Waals surface area contributed by atoms with Crippen LogP contribution in [0.3, 0.4) is 0 Å². The van der Waals surface area contributed by atoms with E-state index in [4.69, 9.17) is 4.74 Å². The summed E-state index contributed by atoms with van der Waals surface area (Å²) in [7, 11) is 4.04. The van der Waals surface area contributed by atoms with E-state index < -0.39 is 0 Å². The maximum absolute atomic E-state index is 5.68. The third-order valence-electron chi connectivity index (χ3n) is 3.84. The molecule has 0 spiro atoms. The van der Waals surface area contributed by atoms with Gasteiger partial charge in [-0.1, -0.05) is 0 Å². The second kappa shape index (κ2) is 5.72. The molecule has 3 atom stereocenters. The molecule has 3 unspecified atom stereocenters. The van der Waals surface area contributed by atoms with Crippen LogP contribution in [0.25, 0.3) is 0 Å². The molecule has 1 saturated heterocycles. The summed E-state index contributed by atoms with van der Waals surface area (Å²) >= 11 is 3.64. The average molecular weight is 316 g/mol. The van der Waals surface area contributed by atoms with Gasteiger partial charge in [0, 0.05) is 25.4 Å². The van der Waals surface area contributed by atoms with Gasteiger partial charge in [0.05, 0.1) is 28.6 Å². The van der Waals surface area contributed by atoms with Crippen LogP contribution >= 0.6 is 15.9 Å². The second-order valence-electron chi connectivity index (χ2n) is 5.21. The fourth-order valence-electron chi connectivity index (χ4n) is 2.75. The SMILES string of the molecule is CNC(Cc1c(Br)c(C)nn1C)C1COC(C)C1. The number of halogens is 1. The van der Waals surface area contributed by atoms with Gasteiger partial charge in [0.25, 0.3) is 0 Å². The van der Waals surface area contributed by atoms with Crippen molar-refractivity contribution in [1.82, 2.24) is 15.1 Å². The molecule has 1 aromatic rings. The quantitative estimate of drug-likeness (QED) is 0.924.